The largest absolute Gasteiger partial charge is 0.324 e. The number of nitrogens with zero attached hydrogens (tertiary/aromatic N) is 3. The number of halogens is 1. The van der Waals surface area contributed by atoms with Gasteiger partial charge in [0, 0.05) is 10.7 Å². The molecule has 0 aliphatic rings. The molecule has 0 saturated carbocycles. The van der Waals surface area contributed by atoms with Crippen LogP contribution in [0.4, 0.5) is 0 Å². The summed E-state index contributed by atoms with van der Waals surface area (Å²) in [4.78, 5) is 3.50. The Bertz CT molecular complexity index is 553. The highest BCUT2D eigenvalue weighted by molar-refractivity contribution is 8.13. The average Bonchev–Trinajstić information content (AvgIpc) is 3.08. The molecule has 1 N–H and O–H groups in total. The summed E-state index contributed by atoms with van der Waals surface area (Å²) in [7, 11) is 1.14. The predicted octanol–water partition coefficient (Wildman–Crippen LogP) is 5.04. The van der Waals surface area contributed by atoms with Crippen molar-refractivity contribution in [1.82, 2.24) is 15.2 Å². The van der Waals surface area contributed by atoms with Crippen molar-refractivity contribution in [3.8, 4) is 0 Å². The molecule has 0 radical (unpaired) electrons. The Morgan fingerprint density at radius 3 is 1.41 bits per heavy atom. The predicted molar refractivity (Wildman–Crippen MR) is 114 cm³/mol. The summed E-state index contributed by atoms with van der Waals surface area (Å²) in [6.45, 7) is 16.6. The van der Waals surface area contributed by atoms with Gasteiger partial charge in [0.2, 0.25) is 0 Å². The van der Waals surface area contributed by atoms with Crippen LogP contribution in [0.25, 0.3) is 0 Å². The third-order valence-electron chi connectivity index (χ3n) is 4.74. The van der Waals surface area contributed by atoms with Gasteiger partial charge in [-0.2, -0.15) is 0 Å². The Balaban J connectivity index is 0.000000569. The molecule has 1 aromatic rings. The molecule has 0 amide bonds. The molecule has 160 valence electrons. The van der Waals surface area contributed by atoms with Gasteiger partial charge in [-0.05, 0) is 32.6 Å². The van der Waals surface area contributed by atoms with Crippen molar-refractivity contribution in [2.45, 2.75) is 91.1 Å². The van der Waals surface area contributed by atoms with Gasteiger partial charge in [0.1, 0.15) is 5.82 Å². The SMILES string of the molecule is CCCC[N+](CCCC)(CCCC)CCCC.Cc1nc(S(=O)(=O)Cl)n[nH]1. The number of quaternary nitrogens is 1. The monoisotopic (exact) mass is 423 g/mol. The second-order valence-electron chi connectivity index (χ2n) is 7.29. The van der Waals surface area contributed by atoms with Crippen LogP contribution in [0, 0.1) is 6.92 Å². The molecule has 1 heterocycles. The molecule has 0 bridgehead atoms. The van der Waals surface area contributed by atoms with E-state index in [-0.39, 0.29) is 5.16 Å². The van der Waals surface area contributed by atoms with Crippen LogP contribution in [0.3, 0.4) is 0 Å². The molecule has 0 aliphatic carbocycles. The van der Waals surface area contributed by atoms with E-state index in [1.165, 1.54) is 82.0 Å². The third-order valence-corrected chi connectivity index (χ3v) is 5.77. The van der Waals surface area contributed by atoms with Crippen molar-refractivity contribution >= 4 is 19.7 Å². The summed E-state index contributed by atoms with van der Waals surface area (Å²) in [5.74, 6) is 0.416. The van der Waals surface area contributed by atoms with Gasteiger partial charge in [-0.1, -0.05) is 53.4 Å². The minimum absolute atomic E-state index is 0.383. The Morgan fingerprint density at radius 2 is 1.22 bits per heavy atom. The Kier molecular flexibility index (Phi) is 14.0. The minimum atomic E-state index is -3.76. The van der Waals surface area contributed by atoms with Crippen LogP contribution < -0.4 is 0 Å². The second-order valence-corrected chi connectivity index (χ2v) is 9.75. The van der Waals surface area contributed by atoms with Crippen LogP contribution in [0.2, 0.25) is 0 Å². The lowest BCUT2D eigenvalue weighted by Crippen LogP contribution is -2.50. The van der Waals surface area contributed by atoms with Gasteiger partial charge >= 0.3 is 0 Å². The first-order valence-electron chi connectivity index (χ1n) is 10.4. The molecular weight excluding hydrogens is 384 g/mol. The number of unbranched alkanes of at least 4 members (excludes halogenated alkanes) is 4. The van der Waals surface area contributed by atoms with Crippen LogP contribution in [0.15, 0.2) is 5.16 Å². The first-order valence-corrected chi connectivity index (χ1v) is 12.7. The van der Waals surface area contributed by atoms with E-state index in [2.05, 4.69) is 42.9 Å². The molecular formula is C19H40ClN4O2S+. The van der Waals surface area contributed by atoms with Crippen molar-refractivity contribution in [3.05, 3.63) is 5.82 Å². The average molecular weight is 424 g/mol. The molecule has 6 nitrogen and oxygen atoms in total. The number of aromatic nitrogens is 3. The zero-order valence-corrected chi connectivity index (χ0v) is 19.5. The second kappa shape index (κ2) is 14.4. The molecule has 0 saturated heterocycles. The molecule has 8 heteroatoms. The summed E-state index contributed by atoms with van der Waals surface area (Å²) < 4.78 is 22.4. The maximum atomic E-state index is 10.5. The van der Waals surface area contributed by atoms with Crippen LogP contribution >= 0.6 is 10.7 Å². The van der Waals surface area contributed by atoms with Gasteiger partial charge in [0.25, 0.3) is 14.2 Å². The molecule has 0 atom stereocenters. The van der Waals surface area contributed by atoms with E-state index in [9.17, 15) is 8.42 Å². The highest BCUT2D eigenvalue weighted by Gasteiger charge is 2.24. The quantitative estimate of drug-likeness (QED) is 0.356. The summed E-state index contributed by atoms with van der Waals surface area (Å²) in [5, 5.41) is 5.30. The maximum Gasteiger partial charge on any atom is 0.298 e. The molecule has 0 aromatic carbocycles. The number of H-pyrrole nitrogens is 1. The third kappa shape index (κ3) is 11.7. The van der Waals surface area contributed by atoms with Crippen LogP contribution in [0.5, 0.6) is 0 Å². The van der Waals surface area contributed by atoms with Crippen molar-refractivity contribution in [1.29, 1.82) is 0 Å². The van der Waals surface area contributed by atoms with Gasteiger partial charge in [-0.3, -0.25) is 5.10 Å². The lowest BCUT2D eigenvalue weighted by Gasteiger charge is -2.39. The zero-order chi connectivity index (χ0) is 20.8. The number of aryl methyl sites for hydroxylation is 1. The van der Waals surface area contributed by atoms with E-state index in [1.807, 2.05) is 0 Å². The molecule has 0 spiro atoms. The van der Waals surface area contributed by atoms with Gasteiger partial charge < -0.3 is 4.48 Å². The lowest BCUT2D eigenvalue weighted by molar-refractivity contribution is -0.929. The molecule has 27 heavy (non-hydrogen) atoms. The van der Waals surface area contributed by atoms with Crippen molar-refractivity contribution < 1.29 is 12.9 Å². The molecule has 0 unspecified atom stereocenters. The fourth-order valence-electron chi connectivity index (χ4n) is 3.08. The van der Waals surface area contributed by atoms with Gasteiger partial charge in [-0.25, -0.2) is 13.4 Å². The van der Waals surface area contributed by atoms with Crippen molar-refractivity contribution in [2.75, 3.05) is 26.2 Å². The zero-order valence-electron chi connectivity index (χ0n) is 17.9. The molecule has 0 fully saturated rings. The van der Waals surface area contributed by atoms with Crippen LogP contribution in [-0.2, 0) is 9.05 Å². The maximum absolute atomic E-state index is 10.5. The highest BCUT2D eigenvalue weighted by Crippen LogP contribution is 2.16. The number of hydrogen-bond acceptors (Lipinski definition) is 4. The van der Waals surface area contributed by atoms with Crippen molar-refractivity contribution in [3.63, 3.8) is 0 Å². The van der Waals surface area contributed by atoms with E-state index in [1.54, 1.807) is 6.92 Å². The van der Waals surface area contributed by atoms with Gasteiger partial charge in [0.15, 0.2) is 0 Å². The topological polar surface area (TPSA) is 75.7 Å². The van der Waals surface area contributed by atoms with E-state index in [0.717, 1.165) is 0 Å². The van der Waals surface area contributed by atoms with E-state index in [4.69, 9.17) is 10.7 Å². The summed E-state index contributed by atoms with van der Waals surface area (Å²) in [5.41, 5.74) is 0. The minimum Gasteiger partial charge on any atom is -0.324 e. The Labute approximate surface area is 171 Å². The van der Waals surface area contributed by atoms with Crippen LogP contribution in [-0.4, -0.2) is 54.3 Å². The Morgan fingerprint density at radius 1 is 0.852 bits per heavy atom. The van der Waals surface area contributed by atoms with Gasteiger partial charge in [-0.15, -0.1) is 5.10 Å². The fourth-order valence-corrected chi connectivity index (χ4v) is 3.68. The first kappa shape index (κ1) is 26.3. The summed E-state index contributed by atoms with van der Waals surface area (Å²) in [6.07, 6.45) is 11.1. The summed E-state index contributed by atoms with van der Waals surface area (Å²) >= 11 is 0. The summed E-state index contributed by atoms with van der Waals surface area (Å²) in [6, 6.07) is 0. The lowest BCUT2D eigenvalue weighted by atomic mass is 10.1. The van der Waals surface area contributed by atoms with Crippen molar-refractivity contribution in [2.24, 2.45) is 0 Å². The van der Waals surface area contributed by atoms with Gasteiger partial charge in [0.05, 0.1) is 26.2 Å². The highest BCUT2D eigenvalue weighted by atomic mass is 35.7. The van der Waals surface area contributed by atoms with E-state index < -0.39 is 9.05 Å². The number of hydrogen-bond donors (Lipinski definition) is 1. The molecule has 1 aromatic heterocycles. The normalized spacial score (nSPS) is 11.9. The first-order chi connectivity index (χ1) is 12.7. The smallest absolute Gasteiger partial charge is 0.298 e. The molecule has 0 aliphatic heterocycles. The Hall–Kier alpha value is -0.660. The standard InChI is InChI=1S/C16H36N.C3H4ClN3O2S/c1-5-9-13-17(14-10-6-2,15-11-7-3)16-12-8-4;1-2-5-3(7-6-2)10(4,8)9/h5-16H2,1-4H3;1H3,(H,5,6,7)/q+1;. The van der Waals surface area contributed by atoms with E-state index in [0.29, 0.717) is 5.82 Å². The number of aromatic amines is 1. The van der Waals surface area contributed by atoms with E-state index >= 15 is 0 Å². The number of nitrogens with one attached hydrogen (secondary N) is 1. The molecule has 1 rings (SSSR count). The number of rotatable bonds is 13. The van der Waals surface area contributed by atoms with Crippen LogP contribution in [0.1, 0.15) is 84.9 Å². The fraction of sp³-hybridized carbons (Fsp3) is 0.895.